The van der Waals surface area contributed by atoms with Crippen molar-refractivity contribution in [2.45, 2.75) is 44.8 Å². The minimum absolute atomic E-state index is 0.131. The lowest BCUT2D eigenvalue weighted by atomic mass is 10.0. The van der Waals surface area contributed by atoms with Gasteiger partial charge in [-0.15, -0.1) is 0 Å². The number of para-hydroxylation sites is 1. The minimum atomic E-state index is -1.08. The number of likely N-dealkylation sites (N-methyl/N-ethyl adjacent to an activating group) is 2. The second kappa shape index (κ2) is 13.4. The van der Waals surface area contributed by atoms with Gasteiger partial charge in [0.25, 0.3) is 5.91 Å². The standard InChI is InChI=1S/C30H39N5O5/c1-4-34-14-16-35(17-15-34)30(39)25-19-27(36)31-21(2)29(38)33(3)23(18-22-10-6-5-7-11-22)20-40-26-13-9-8-12-24(26)28(37)32-25/h5-13,21,23,25H,4,14-20H2,1-3H3,(H,31,36)(H,32,37)/t21-,23-,25-/m0/s1. The molecule has 4 amide bonds. The average Bonchev–Trinajstić information content (AvgIpc) is 2.98. The molecule has 2 aliphatic heterocycles. The van der Waals surface area contributed by atoms with E-state index in [2.05, 4.69) is 22.5 Å². The summed E-state index contributed by atoms with van der Waals surface area (Å²) in [7, 11) is 1.69. The van der Waals surface area contributed by atoms with Gasteiger partial charge in [-0.2, -0.15) is 0 Å². The summed E-state index contributed by atoms with van der Waals surface area (Å²) in [4.78, 5) is 59.0. The molecule has 3 atom stereocenters. The lowest BCUT2D eigenvalue weighted by Gasteiger charge is -2.36. The third-order valence-corrected chi connectivity index (χ3v) is 7.64. The van der Waals surface area contributed by atoms with Crippen molar-refractivity contribution < 1.29 is 23.9 Å². The third kappa shape index (κ3) is 7.18. The van der Waals surface area contributed by atoms with E-state index in [-0.39, 0.29) is 36.4 Å². The van der Waals surface area contributed by atoms with Crippen molar-refractivity contribution in [1.82, 2.24) is 25.3 Å². The molecule has 10 heteroatoms. The Kier molecular flexibility index (Phi) is 9.76. The van der Waals surface area contributed by atoms with E-state index in [0.29, 0.717) is 25.3 Å². The lowest BCUT2D eigenvalue weighted by Crippen LogP contribution is -2.57. The van der Waals surface area contributed by atoms with Gasteiger partial charge >= 0.3 is 0 Å². The van der Waals surface area contributed by atoms with Gasteiger partial charge in [-0.25, -0.2) is 0 Å². The second-order valence-corrected chi connectivity index (χ2v) is 10.4. The molecule has 2 aromatic carbocycles. The summed E-state index contributed by atoms with van der Waals surface area (Å²) in [6.45, 7) is 7.22. The fourth-order valence-corrected chi connectivity index (χ4v) is 5.13. The monoisotopic (exact) mass is 549 g/mol. The van der Waals surface area contributed by atoms with E-state index in [1.165, 1.54) is 0 Å². The van der Waals surface area contributed by atoms with Crippen molar-refractivity contribution in [3.05, 3.63) is 65.7 Å². The predicted molar refractivity (Wildman–Crippen MR) is 151 cm³/mol. The van der Waals surface area contributed by atoms with E-state index >= 15 is 0 Å². The van der Waals surface area contributed by atoms with Crippen molar-refractivity contribution in [3.8, 4) is 5.75 Å². The smallest absolute Gasteiger partial charge is 0.255 e. The summed E-state index contributed by atoms with van der Waals surface area (Å²) in [5.41, 5.74) is 1.29. The van der Waals surface area contributed by atoms with Crippen LogP contribution in [0.2, 0.25) is 0 Å². The maximum atomic E-state index is 13.5. The van der Waals surface area contributed by atoms with Crippen LogP contribution < -0.4 is 15.4 Å². The highest BCUT2D eigenvalue weighted by atomic mass is 16.5. The normalized spacial score (nSPS) is 23.4. The first-order valence-electron chi connectivity index (χ1n) is 13.9. The summed E-state index contributed by atoms with van der Waals surface area (Å²) in [6, 6.07) is 14.3. The molecule has 0 aliphatic carbocycles. The van der Waals surface area contributed by atoms with Gasteiger partial charge in [0, 0.05) is 33.2 Å². The molecule has 2 aromatic rings. The van der Waals surface area contributed by atoms with Crippen LogP contribution in [-0.4, -0.2) is 103 Å². The van der Waals surface area contributed by atoms with E-state index in [1.807, 2.05) is 30.3 Å². The summed E-state index contributed by atoms with van der Waals surface area (Å²) in [5.74, 6) is -1.23. The molecule has 0 unspecified atom stereocenters. The molecule has 4 rings (SSSR count). The summed E-state index contributed by atoms with van der Waals surface area (Å²) < 4.78 is 6.16. The number of fused-ring (bicyclic) bond motifs is 1. The fraction of sp³-hybridized carbons (Fsp3) is 0.467. The van der Waals surface area contributed by atoms with E-state index < -0.39 is 23.9 Å². The number of nitrogens with zero attached hydrogens (tertiary/aromatic N) is 3. The molecule has 0 aromatic heterocycles. The fourth-order valence-electron chi connectivity index (χ4n) is 5.13. The number of nitrogens with one attached hydrogen (secondary N) is 2. The first-order chi connectivity index (χ1) is 19.3. The zero-order valence-corrected chi connectivity index (χ0v) is 23.5. The number of rotatable bonds is 4. The Labute approximate surface area is 235 Å². The van der Waals surface area contributed by atoms with Gasteiger partial charge in [0.1, 0.15) is 24.4 Å². The van der Waals surface area contributed by atoms with E-state index in [4.69, 9.17) is 4.74 Å². The number of hydrogen-bond acceptors (Lipinski definition) is 6. The average molecular weight is 550 g/mol. The molecular formula is C30H39N5O5. The minimum Gasteiger partial charge on any atom is -0.491 e. The molecule has 0 bridgehead atoms. The largest absolute Gasteiger partial charge is 0.491 e. The summed E-state index contributed by atoms with van der Waals surface area (Å²) in [5, 5.41) is 5.52. The molecule has 1 fully saturated rings. The molecule has 2 N–H and O–H groups in total. The van der Waals surface area contributed by atoms with Crippen LogP contribution in [0.25, 0.3) is 0 Å². The van der Waals surface area contributed by atoms with Gasteiger partial charge in [-0.3, -0.25) is 19.2 Å². The molecule has 0 saturated carbocycles. The van der Waals surface area contributed by atoms with Crippen LogP contribution >= 0.6 is 0 Å². The molecular weight excluding hydrogens is 510 g/mol. The van der Waals surface area contributed by atoms with Gasteiger partial charge in [0.05, 0.1) is 18.0 Å². The molecule has 2 heterocycles. The number of piperazine rings is 1. The first-order valence-corrected chi connectivity index (χ1v) is 13.9. The molecule has 0 radical (unpaired) electrons. The van der Waals surface area contributed by atoms with E-state index in [9.17, 15) is 19.2 Å². The van der Waals surface area contributed by atoms with Crippen LogP contribution in [0.1, 0.15) is 36.2 Å². The van der Waals surface area contributed by atoms with Crippen molar-refractivity contribution in [3.63, 3.8) is 0 Å². The number of carbonyl (C=O) groups is 4. The van der Waals surface area contributed by atoms with Gasteiger partial charge < -0.3 is 30.1 Å². The van der Waals surface area contributed by atoms with Crippen LogP contribution in [0, 0.1) is 0 Å². The van der Waals surface area contributed by atoms with Crippen LogP contribution in [-0.2, 0) is 20.8 Å². The van der Waals surface area contributed by atoms with Crippen LogP contribution in [0.15, 0.2) is 54.6 Å². The Balaban J connectivity index is 1.61. The SMILES string of the molecule is CCN1CCN(C(=O)[C@@H]2CC(=O)N[C@@H](C)C(=O)N(C)[C@@H](Cc3ccccc3)COc3ccccc3C(=O)N2)CC1. The second-order valence-electron chi connectivity index (χ2n) is 10.4. The Morgan fingerprint density at radius 2 is 1.62 bits per heavy atom. The number of benzene rings is 2. The van der Waals surface area contributed by atoms with Crippen molar-refractivity contribution >= 4 is 23.6 Å². The van der Waals surface area contributed by atoms with Gasteiger partial charge in [-0.05, 0) is 37.6 Å². The lowest BCUT2D eigenvalue weighted by molar-refractivity contribution is -0.139. The van der Waals surface area contributed by atoms with Crippen LogP contribution in [0.5, 0.6) is 5.75 Å². The molecule has 0 spiro atoms. The quantitative estimate of drug-likeness (QED) is 0.595. The van der Waals surface area contributed by atoms with Crippen molar-refractivity contribution in [1.29, 1.82) is 0 Å². The van der Waals surface area contributed by atoms with Gasteiger partial charge in [0.2, 0.25) is 17.7 Å². The summed E-state index contributed by atoms with van der Waals surface area (Å²) >= 11 is 0. The highest BCUT2D eigenvalue weighted by Gasteiger charge is 2.33. The maximum Gasteiger partial charge on any atom is 0.255 e. The molecule has 40 heavy (non-hydrogen) atoms. The zero-order valence-electron chi connectivity index (χ0n) is 23.5. The highest BCUT2D eigenvalue weighted by molar-refractivity contribution is 6.01. The maximum absolute atomic E-state index is 13.5. The molecule has 10 nitrogen and oxygen atoms in total. The van der Waals surface area contributed by atoms with Crippen LogP contribution in [0.4, 0.5) is 0 Å². The number of hydrogen-bond donors (Lipinski definition) is 2. The first kappa shape index (κ1) is 29.1. The van der Waals surface area contributed by atoms with Crippen molar-refractivity contribution in [2.75, 3.05) is 46.4 Å². The highest BCUT2D eigenvalue weighted by Crippen LogP contribution is 2.21. The Hall–Kier alpha value is -3.92. The predicted octanol–water partition coefficient (Wildman–Crippen LogP) is 1.31. The Morgan fingerprint density at radius 3 is 2.33 bits per heavy atom. The Bertz CT molecular complexity index is 1200. The molecule has 2 aliphatic rings. The van der Waals surface area contributed by atoms with Gasteiger partial charge in [0.15, 0.2) is 0 Å². The van der Waals surface area contributed by atoms with Crippen molar-refractivity contribution in [2.24, 2.45) is 0 Å². The van der Waals surface area contributed by atoms with E-state index in [0.717, 1.165) is 25.2 Å². The number of amides is 4. The number of ether oxygens (including phenoxy) is 1. The van der Waals surface area contributed by atoms with Crippen LogP contribution in [0.3, 0.4) is 0 Å². The van der Waals surface area contributed by atoms with Gasteiger partial charge in [-0.1, -0.05) is 49.4 Å². The topological polar surface area (TPSA) is 111 Å². The number of carbonyl (C=O) groups excluding carboxylic acids is 4. The zero-order chi connectivity index (χ0) is 28.6. The summed E-state index contributed by atoms with van der Waals surface area (Å²) in [6.07, 6.45) is 0.246. The Morgan fingerprint density at radius 1 is 0.950 bits per heavy atom. The molecule has 1 saturated heterocycles. The molecule has 214 valence electrons. The van der Waals surface area contributed by atoms with E-state index in [1.54, 1.807) is 48.0 Å². The third-order valence-electron chi connectivity index (χ3n) is 7.64.